The first-order valence-corrected chi connectivity index (χ1v) is 7.65. The molecule has 0 aromatic heterocycles. The summed E-state index contributed by atoms with van der Waals surface area (Å²) in [6.07, 6.45) is 4.52. The maximum atomic E-state index is 13.8. The maximum absolute atomic E-state index is 13.8. The van der Waals surface area contributed by atoms with E-state index in [1.54, 1.807) is 0 Å². The molecule has 1 aromatic rings. The Bertz CT molecular complexity index is 567. The molecule has 0 unspecified atom stereocenters. The van der Waals surface area contributed by atoms with Crippen molar-refractivity contribution >= 4 is 27.5 Å². The van der Waals surface area contributed by atoms with Crippen LogP contribution in [-0.2, 0) is 4.79 Å². The second kappa shape index (κ2) is 6.52. The maximum Gasteiger partial charge on any atom is 0.244 e. The number of carbonyl (C=O) groups excluding carboxylic acids is 1. The van der Waals surface area contributed by atoms with Crippen LogP contribution in [0.4, 0.5) is 14.5 Å². The first-order chi connectivity index (χ1) is 9.98. The van der Waals surface area contributed by atoms with Crippen LogP contribution in [0, 0.1) is 28.4 Å². The Morgan fingerprint density at radius 3 is 2.38 bits per heavy atom. The summed E-state index contributed by atoms with van der Waals surface area (Å²) in [7, 11) is 0. The number of anilines is 1. The van der Waals surface area contributed by atoms with Gasteiger partial charge in [-0.15, -0.1) is 0 Å². The zero-order valence-electron chi connectivity index (χ0n) is 11.4. The van der Waals surface area contributed by atoms with Crippen LogP contribution in [0.25, 0.3) is 0 Å². The van der Waals surface area contributed by atoms with E-state index in [1.165, 1.54) is 0 Å². The molecule has 1 aromatic carbocycles. The Balaban J connectivity index is 2.26. The van der Waals surface area contributed by atoms with Gasteiger partial charge in [0, 0.05) is 10.5 Å². The lowest BCUT2D eigenvalue weighted by Crippen LogP contribution is -2.35. The predicted molar refractivity (Wildman–Crippen MR) is 78.4 cm³/mol. The van der Waals surface area contributed by atoms with Crippen LogP contribution >= 0.6 is 15.9 Å². The molecule has 1 N–H and O–H groups in total. The van der Waals surface area contributed by atoms with Gasteiger partial charge in [-0.1, -0.05) is 25.7 Å². The van der Waals surface area contributed by atoms with E-state index >= 15 is 0 Å². The van der Waals surface area contributed by atoms with Crippen LogP contribution in [0.3, 0.4) is 0 Å². The van der Waals surface area contributed by atoms with Crippen molar-refractivity contribution in [1.82, 2.24) is 0 Å². The van der Waals surface area contributed by atoms with Crippen molar-refractivity contribution in [3.8, 4) is 6.07 Å². The van der Waals surface area contributed by atoms with Crippen LogP contribution in [-0.4, -0.2) is 5.91 Å². The minimum Gasteiger partial charge on any atom is -0.321 e. The van der Waals surface area contributed by atoms with Gasteiger partial charge in [0.25, 0.3) is 0 Å². The summed E-state index contributed by atoms with van der Waals surface area (Å²) in [4.78, 5) is 12.4. The molecule has 21 heavy (non-hydrogen) atoms. The normalized spacial score (nSPS) is 17.6. The number of nitrogens with one attached hydrogen (secondary N) is 1. The van der Waals surface area contributed by atoms with Gasteiger partial charge in [-0.3, -0.25) is 4.79 Å². The quantitative estimate of drug-likeness (QED) is 0.791. The molecule has 2 rings (SSSR count). The van der Waals surface area contributed by atoms with Crippen LogP contribution in [0.5, 0.6) is 0 Å². The second-order valence-electron chi connectivity index (χ2n) is 5.31. The third-order valence-corrected chi connectivity index (χ3v) is 4.48. The van der Waals surface area contributed by atoms with Gasteiger partial charge in [0.05, 0.1) is 11.8 Å². The molecular weight excluding hydrogens is 342 g/mol. The number of hydrogen-bond acceptors (Lipinski definition) is 2. The Hall–Kier alpha value is -1.48. The molecule has 3 nitrogen and oxygen atoms in total. The highest BCUT2D eigenvalue weighted by atomic mass is 79.9. The Kier molecular flexibility index (Phi) is 4.94. The highest BCUT2D eigenvalue weighted by Crippen LogP contribution is 2.37. The molecule has 0 aliphatic heterocycles. The average Bonchev–Trinajstić information content (AvgIpc) is 2.68. The lowest BCUT2D eigenvalue weighted by atomic mass is 9.81. The van der Waals surface area contributed by atoms with E-state index in [9.17, 15) is 18.8 Å². The van der Waals surface area contributed by atoms with Crippen molar-refractivity contribution in [2.24, 2.45) is 5.41 Å². The molecule has 1 aliphatic carbocycles. The number of benzene rings is 1. The van der Waals surface area contributed by atoms with Gasteiger partial charge < -0.3 is 5.32 Å². The zero-order chi connectivity index (χ0) is 15.5. The average molecular weight is 357 g/mol. The molecule has 0 bridgehead atoms. The van der Waals surface area contributed by atoms with Crippen molar-refractivity contribution in [2.75, 3.05) is 5.32 Å². The van der Waals surface area contributed by atoms with E-state index in [-0.39, 0.29) is 10.2 Å². The summed E-state index contributed by atoms with van der Waals surface area (Å²) in [6, 6.07) is 3.88. The molecule has 0 spiro atoms. The van der Waals surface area contributed by atoms with Gasteiger partial charge in [-0.05, 0) is 34.8 Å². The third kappa shape index (κ3) is 3.41. The van der Waals surface area contributed by atoms with Crippen molar-refractivity contribution in [1.29, 1.82) is 5.26 Å². The second-order valence-corrected chi connectivity index (χ2v) is 6.16. The lowest BCUT2D eigenvalue weighted by Gasteiger charge is -2.24. The summed E-state index contributed by atoms with van der Waals surface area (Å²) >= 11 is 3.03. The first kappa shape index (κ1) is 15.9. The molecule has 0 radical (unpaired) electrons. The lowest BCUT2D eigenvalue weighted by molar-refractivity contribution is -0.123. The molecule has 112 valence electrons. The largest absolute Gasteiger partial charge is 0.321 e. The number of carbonyl (C=O) groups is 1. The number of nitrogens with zero attached hydrogens (tertiary/aromatic N) is 1. The standard InChI is InChI=1S/C15H15BrF2N2O/c16-11-7-10(17)8-12(18)13(11)20-14(21)15(9-19)5-3-1-2-4-6-15/h7-8H,1-6H2,(H,20,21). The minimum absolute atomic E-state index is 0.120. The van der Waals surface area contributed by atoms with Crippen LogP contribution in [0.2, 0.25) is 0 Å². The molecule has 1 aliphatic rings. The summed E-state index contributed by atoms with van der Waals surface area (Å²) < 4.78 is 27.0. The fraction of sp³-hybridized carbons (Fsp3) is 0.467. The number of nitriles is 1. The number of rotatable bonds is 2. The molecular formula is C15H15BrF2N2O. The summed E-state index contributed by atoms with van der Waals surface area (Å²) in [6.45, 7) is 0. The zero-order valence-corrected chi connectivity index (χ0v) is 13.0. The number of hydrogen-bond donors (Lipinski definition) is 1. The van der Waals surface area contributed by atoms with E-state index in [4.69, 9.17) is 0 Å². The molecule has 6 heteroatoms. The molecule has 1 saturated carbocycles. The van der Waals surface area contributed by atoms with Crippen molar-refractivity contribution in [3.63, 3.8) is 0 Å². The molecule has 0 saturated heterocycles. The van der Waals surface area contributed by atoms with Gasteiger partial charge in [-0.25, -0.2) is 8.78 Å². The third-order valence-electron chi connectivity index (χ3n) is 3.85. The van der Waals surface area contributed by atoms with Gasteiger partial charge in [0.15, 0.2) is 5.82 Å². The van der Waals surface area contributed by atoms with Gasteiger partial charge in [-0.2, -0.15) is 5.26 Å². The van der Waals surface area contributed by atoms with Crippen LogP contribution < -0.4 is 5.32 Å². The molecule has 0 heterocycles. The minimum atomic E-state index is -1.13. The fourth-order valence-corrected chi connectivity index (χ4v) is 3.12. The van der Waals surface area contributed by atoms with Gasteiger partial charge in [0.1, 0.15) is 11.2 Å². The van der Waals surface area contributed by atoms with Gasteiger partial charge in [0.2, 0.25) is 5.91 Å². The monoisotopic (exact) mass is 356 g/mol. The van der Waals surface area contributed by atoms with E-state index < -0.39 is 23.0 Å². The van der Waals surface area contributed by atoms with Gasteiger partial charge >= 0.3 is 0 Å². The summed E-state index contributed by atoms with van der Waals surface area (Å²) in [5.41, 5.74) is -1.25. The summed E-state index contributed by atoms with van der Waals surface area (Å²) in [5.74, 6) is -2.11. The van der Waals surface area contributed by atoms with Crippen LogP contribution in [0.1, 0.15) is 38.5 Å². The Morgan fingerprint density at radius 2 is 1.86 bits per heavy atom. The number of amides is 1. The fourth-order valence-electron chi connectivity index (χ4n) is 2.62. The highest BCUT2D eigenvalue weighted by Gasteiger charge is 2.39. The van der Waals surface area contributed by atoms with Crippen molar-refractivity contribution in [3.05, 3.63) is 28.2 Å². The van der Waals surface area contributed by atoms with E-state index in [0.29, 0.717) is 18.9 Å². The molecule has 1 fully saturated rings. The first-order valence-electron chi connectivity index (χ1n) is 6.86. The van der Waals surface area contributed by atoms with Crippen molar-refractivity contribution < 1.29 is 13.6 Å². The van der Waals surface area contributed by atoms with E-state index in [1.807, 2.05) is 0 Å². The Labute approximate surface area is 130 Å². The van der Waals surface area contributed by atoms with E-state index in [0.717, 1.165) is 31.7 Å². The van der Waals surface area contributed by atoms with E-state index in [2.05, 4.69) is 27.3 Å². The number of halogens is 3. The predicted octanol–water partition coefficient (Wildman–Crippen LogP) is 4.53. The van der Waals surface area contributed by atoms with Crippen molar-refractivity contribution in [2.45, 2.75) is 38.5 Å². The van der Waals surface area contributed by atoms with Crippen LogP contribution in [0.15, 0.2) is 16.6 Å². The molecule has 0 atom stereocenters. The Morgan fingerprint density at radius 1 is 1.24 bits per heavy atom. The summed E-state index contributed by atoms with van der Waals surface area (Å²) in [5, 5.41) is 11.9. The smallest absolute Gasteiger partial charge is 0.244 e. The SMILES string of the molecule is N#CC1(C(=O)Nc2c(F)cc(F)cc2Br)CCCCCC1. The molecule has 1 amide bonds. The topological polar surface area (TPSA) is 52.9 Å². The highest BCUT2D eigenvalue weighted by molar-refractivity contribution is 9.10.